The first kappa shape index (κ1) is 11.9. The maximum Gasteiger partial charge on any atom is 0.162 e. The number of rotatable bonds is 3. The molecule has 1 aromatic carbocycles. The summed E-state index contributed by atoms with van der Waals surface area (Å²) in [5.41, 5.74) is 0.904. The summed E-state index contributed by atoms with van der Waals surface area (Å²) in [5.74, 6) is 2.22. The highest BCUT2D eigenvalue weighted by molar-refractivity contribution is 9.10. The molecule has 0 aliphatic carbocycles. The lowest BCUT2D eigenvalue weighted by molar-refractivity contribution is 0.415. The number of aromatic nitrogens is 2. The van der Waals surface area contributed by atoms with Gasteiger partial charge in [0.25, 0.3) is 0 Å². The monoisotopic (exact) mass is 293 g/mol. The number of anilines is 1. The van der Waals surface area contributed by atoms with E-state index in [0.717, 1.165) is 21.6 Å². The summed E-state index contributed by atoms with van der Waals surface area (Å²) in [5, 5.41) is 2.99. The van der Waals surface area contributed by atoms with E-state index in [2.05, 4.69) is 31.2 Å². The van der Waals surface area contributed by atoms with Crippen molar-refractivity contribution in [3.05, 3.63) is 34.9 Å². The first-order chi connectivity index (χ1) is 8.24. The Balaban J connectivity index is 2.50. The van der Waals surface area contributed by atoms with Crippen molar-refractivity contribution in [1.82, 2.24) is 9.97 Å². The van der Waals surface area contributed by atoms with Crippen LogP contribution in [0, 0.1) is 0 Å². The molecule has 2 aromatic rings. The van der Waals surface area contributed by atoms with E-state index in [9.17, 15) is 0 Å². The average molecular weight is 294 g/mol. The third-order valence-electron chi connectivity index (χ3n) is 2.33. The third kappa shape index (κ3) is 2.55. The highest BCUT2D eigenvalue weighted by Crippen LogP contribution is 2.29. The van der Waals surface area contributed by atoms with Crippen LogP contribution in [0.15, 0.2) is 34.9 Å². The Hall–Kier alpha value is -1.62. The van der Waals surface area contributed by atoms with Crippen LogP contribution in [0.3, 0.4) is 0 Å². The quantitative estimate of drug-likeness (QED) is 0.945. The topological polar surface area (TPSA) is 47.0 Å². The molecule has 5 heteroatoms. The number of methoxy groups -OCH3 is 1. The average Bonchev–Trinajstić information content (AvgIpc) is 2.39. The van der Waals surface area contributed by atoms with Gasteiger partial charge < -0.3 is 10.1 Å². The van der Waals surface area contributed by atoms with Crippen LogP contribution in [0.25, 0.3) is 11.4 Å². The molecule has 0 spiro atoms. The molecule has 1 N–H and O–H groups in total. The minimum Gasteiger partial charge on any atom is -0.497 e. The Morgan fingerprint density at radius 3 is 2.82 bits per heavy atom. The summed E-state index contributed by atoms with van der Waals surface area (Å²) in [6.07, 6.45) is 1.72. The minimum atomic E-state index is 0.655. The van der Waals surface area contributed by atoms with E-state index in [4.69, 9.17) is 4.74 Å². The second kappa shape index (κ2) is 5.14. The maximum atomic E-state index is 5.20. The SMILES string of the molecule is CNc1ccnc(-c2cc(OC)ccc2Br)n1. The molecule has 0 amide bonds. The minimum absolute atomic E-state index is 0.655. The van der Waals surface area contributed by atoms with E-state index in [1.807, 2.05) is 31.3 Å². The van der Waals surface area contributed by atoms with Gasteiger partial charge in [0, 0.05) is 23.3 Å². The van der Waals surface area contributed by atoms with Crippen LogP contribution in [-0.2, 0) is 0 Å². The van der Waals surface area contributed by atoms with Crippen LogP contribution in [0.2, 0.25) is 0 Å². The van der Waals surface area contributed by atoms with Gasteiger partial charge in [-0.25, -0.2) is 9.97 Å². The molecule has 0 saturated heterocycles. The predicted octanol–water partition coefficient (Wildman–Crippen LogP) is 2.96. The number of hydrogen-bond acceptors (Lipinski definition) is 4. The van der Waals surface area contributed by atoms with Crippen LogP contribution in [0.1, 0.15) is 0 Å². The summed E-state index contributed by atoms with van der Waals surface area (Å²) in [4.78, 5) is 8.65. The fourth-order valence-electron chi connectivity index (χ4n) is 1.43. The van der Waals surface area contributed by atoms with Crippen LogP contribution in [0.5, 0.6) is 5.75 Å². The van der Waals surface area contributed by atoms with Gasteiger partial charge in [-0.1, -0.05) is 15.9 Å². The van der Waals surface area contributed by atoms with Crippen LogP contribution in [-0.4, -0.2) is 24.1 Å². The second-order valence-corrected chi connectivity index (χ2v) is 4.22. The molecule has 0 aliphatic rings. The molecule has 0 atom stereocenters. The highest BCUT2D eigenvalue weighted by Gasteiger charge is 2.08. The lowest BCUT2D eigenvalue weighted by Gasteiger charge is -2.07. The van der Waals surface area contributed by atoms with Gasteiger partial charge in [-0.05, 0) is 24.3 Å². The molecule has 2 rings (SSSR count). The smallest absolute Gasteiger partial charge is 0.162 e. The summed E-state index contributed by atoms with van der Waals surface area (Å²) in [6.45, 7) is 0. The molecule has 88 valence electrons. The number of nitrogens with zero attached hydrogens (tertiary/aromatic N) is 2. The van der Waals surface area contributed by atoms with Gasteiger partial charge in [-0.2, -0.15) is 0 Å². The normalized spacial score (nSPS) is 10.1. The van der Waals surface area contributed by atoms with Crippen molar-refractivity contribution in [2.45, 2.75) is 0 Å². The molecule has 0 fully saturated rings. The van der Waals surface area contributed by atoms with E-state index in [0.29, 0.717) is 5.82 Å². The van der Waals surface area contributed by atoms with E-state index < -0.39 is 0 Å². The van der Waals surface area contributed by atoms with E-state index in [-0.39, 0.29) is 0 Å². The zero-order valence-corrected chi connectivity index (χ0v) is 11.2. The Morgan fingerprint density at radius 2 is 2.12 bits per heavy atom. The van der Waals surface area contributed by atoms with Crippen LogP contribution in [0.4, 0.5) is 5.82 Å². The van der Waals surface area contributed by atoms with Crippen molar-refractivity contribution in [3.8, 4) is 17.1 Å². The fraction of sp³-hybridized carbons (Fsp3) is 0.167. The molecule has 4 nitrogen and oxygen atoms in total. The lowest BCUT2D eigenvalue weighted by atomic mass is 10.2. The standard InChI is InChI=1S/C12H12BrN3O/c1-14-11-5-6-15-12(16-11)9-7-8(17-2)3-4-10(9)13/h3-7H,1-2H3,(H,14,15,16). The zero-order chi connectivity index (χ0) is 12.3. The Labute approximate surface area is 108 Å². The molecule has 1 heterocycles. The number of benzene rings is 1. The summed E-state index contributed by atoms with van der Waals surface area (Å²) < 4.78 is 6.13. The number of hydrogen-bond donors (Lipinski definition) is 1. The number of nitrogens with one attached hydrogen (secondary N) is 1. The zero-order valence-electron chi connectivity index (χ0n) is 9.57. The number of halogens is 1. The molecular formula is C12H12BrN3O. The third-order valence-corrected chi connectivity index (χ3v) is 3.02. The molecular weight excluding hydrogens is 282 g/mol. The number of ether oxygens (including phenoxy) is 1. The van der Waals surface area contributed by atoms with Crippen molar-refractivity contribution in [2.75, 3.05) is 19.5 Å². The van der Waals surface area contributed by atoms with Gasteiger partial charge in [0.05, 0.1) is 7.11 Å². The molecule has 0 radical (unpaired) electrons. The van der Waals surface area contributed by atoms with Crippen molar-refractivity contribution < 1.29 is 4.74 Å². The predicted molar refractivity (Wildman–Crippen MR) is 71.3 cm³/mol. The summed E-state index contributed by atoms with van der Waals surface area (Å²) >= 11 is 3.49. The molecule has 1 aromatic heterocycles. The van der Waals surface area contributed by atoms with Gasteiger partial charge in [0.15, 0.2) is 5.82 Å². The van der Waals surface area contributed by atoms with Gasteiger partial charge in [-0.15, -0.1) is 0 Å². The maximum absolute atomic E-state index is 5.20. The van der Waals surface area contributed by atoms with Gasteiger partial charge in [0.2, 0.25) is 0 Å². The first-order valence-corrected chi connectivity index (χ1v) is 5.88. The van der Waals surface area contributed by atoms with Gasteiger partial charge >= 0.3 is 0 Å². The van der Waals surface area contributed by atoms with Crippen molar-refractivity contribution in [1.29, 1.82) is 0 Å². The molecule has 0 unspecified atom stereocenters. The van der Waals surface area contributed by atoms with Gasteiger partial charge in [-0.3, -0.25) is 0 Å². The van der Waals surface area contributed by atoms with Crippen LogP contribution >= 0.6 is 15.9 Å². The largest absolute Gasteiger partial charge is 0.497 e. The Kier molecular flexibility index (Phi) is 3.58. The van der Waals surface area contributed by atoms with Crippen molar-refractivity contribution in [2.24, 2.45) is 0 Å². The van der Waals surface area contributed by atoms with E-state index in [1.165, 1.54) is 0 Å². The van der Waals surface area contributed by atoms with Crippen molar-refractivity contribution >= 4 is 21.7 Å². The molecule has 0 bridgehead atoms. The van der Waals surface area contributed by atoms with E-state index >= 15 is 0 Å². The molecule has 0 saturated carbocycles. The van der Waals surface area contributed by atoms with Crippen LogP contribution < -0.4 is 10.1 Å². The van der Waals surface area contributed by atoms with Gasteiger partial charge in [0.1, 0.15) is 11.6 Å². The molecule has 0 aliphatic heterocycles. The Bertz CT molecular complexity index is 531. The fourth-order valence-corrected chi connectivity index (χ4v) is 1.85. The highest BCUT2D eigenvalue weighted by atomic mass is 79.9. The summed E-state index contributed by atoms with van der Waals surface area (Å²) in [7, 11) is 3.46. The first-order valence-electron chi connectivity index (χ1n) is 5.09. The second-order valence-electron chi connectivity index (χ2n) is 3.36. The summed E-state index contributed by atoms with van der Waals surface area (Å²) in [6, 6.07) is 7.52. The van der Waals surface area contributed by atoms with Crippen molar-refractivity contribution in [3.63, 3.8) is 0 Å². The molecule has 17 heavy (non-hydrogen) atoms. The van der Waals surface area contributed by atoms with E-state index in [1.54, 1.807) is 13.3 Å². The Morgan fingerprint density at radius 1 is 1.29 bits per heavy atom. The lowest BCUT2D eigenvalue weighted by Crippen LogP contribution is -1.96.